The molecular formula is C30H35FN2O3. The van der Waals surface area contributed by atoms with Crippen LogP contribution in [0.4, 0.5) is 4.39 Å². The maximum absolute atomic E-state index is 13.6. The third kappa shape index (κ3) is 8.61. The Labute approximate surface area is 213 Å². The van der Waals surface area contributed by atoms with E-state index in [0.29, 0.717) is 26.0 Å². The third-order valence-corrected chi connectivity index (χ3v) is 5.80. The highest BCUT2D eigenvalue weighted by Gasteiger charge is 2.31. The quantitative estimate of drug-likeness (QED) is 0.324. The van der Waals surface area contributed by atoms with Crippen molar-refractivity contribution in [2.24, 2.45) is 0 Å². The van der Waals surface area contributed by atoms with Gasteiger partial charge < -0.3 is 15.0 Å². The summed E-state index contributed by atoms with van der Waals surface area (Å²) in [5, 5.41) is 2.99. The number of aryl methyl sites for hydroxylation is 1. The number of rotatable bonds is 13. The second-order valence-electron chi connectivity index (χ2n) is 9.01. The molecule has 0 saturated heterocycles. The standard InChI is InChI=1S/C30H35FN2O3/c1-23(2)36-21-9-20-32-30(35)29(26-12-7-4-8-13-26)33(22-25-14-17-27(31)18-15-25)28(34)19-16-24-10-5-3-6-11-24/h3-8,10-15,17-18,23,29H,9,16,19-22H2,1-2H3,(H,32,35)/t29-/m0/s1. The first kappa shape index (κ1) is 27.1. The van der Waals surface area contributed by atoms with Crippen molar-refractivity contribution in [1.82, 2.24) is 10.2 Å². The molecule has 0 spiro atoms. The van der Waals surface area contributed by atoms with Crippen molar-refractivity contribution in [2.75, 3.05) is 13.2 Å². The molecule has 0 fully saturated rings. The van der Waals surface area contributed by atoms with Crippen LogP contribution in [0, 0.1) is 5.82 Å². The molecule has 1 atom stereocenters. The van der Waals surface area contributed by atoms with Gasteiger partial charge in [-0.25, -0.2) is 4.39 Å². The highest BCUT2D eigenvalue weighted by atomic mass is 19.1. The third-order valence-electron chi connectivity index (χ3n) is 5.80. The van der Waals surface area contributed by atoms with E-state index in [1.54, 1.807) is 17.0 Å². The van der Waals surface area contributed by atoms with E-state index < -0.39 is 6.04 Å². The van der Waals surface area contributed by atoms with Gasteiger partial charge in [0.25, 0.3) is 0 Å². The van der Waals surface area contributed by atoms with Crippen LogP contribution in [0.2, 0.25) is 0 Å². The lowest BCUT2D eigenvalue weighted by Crippen LogP contribution is -2.44. The van der Waals surface area contributed by atoms with Gasteiger partial charge in [-0.2, -0.15) is 0 Å². The normalized spacial score (nSPS) is 11.8. The number of nitrogens with zero attached hydrogens (tertiary/aromatic N) is 1. The van der Waals surface area contributed by atoms with Gasteiger partial charge in [-0.1, -0.05) is 72.8 Å². The lowest BCUT2D eigenvalue weighted by molar-refractivity contribution is -0.141. The van der Waals surface area contributed by atoms with Crippen LogP contribution in [-0.4, -0.2) is 36.0 Å². The van der Waals surface area contributed by atoms with Crippen LogP contribution in [0.15, 0.2) is 84.9 Å². The summed E-state index contributed by atoms with van der Waals surface area (Å²) >= 11 is 0. The van der Waals surface area contributed by atoms with Gasteiger partial charge in [0, 0.05) is 26.1 Å². The van der Waals surface area contributed by atoms with Crippen molar-refractivity contribution in [1.29, 1.82) is 0 Å². The summed E-state index contributed by atoms with van der Waals surface area (Å²) in [5.74, 6) is -0.738. The molecule has 0 aliphatic carbocycles. The molecule has 3 aromatic carbocycles. The Morgan fingerprint density at radius 3 is 2.17 bits per heavy atom. The Kier molecular flexibility index (Phi) is 10.6. The summed E-state index contributed by atoms with van der Waals surface area (Å²) in [7, 11) is 0. The molecule has 0 saturated carbocycles. The van der Waals surface area contributed by atoms with Crippen LogP contribution in [0.5, 0.6) is 0 Å². The van der Waals surface area contributed by atoms with Crippen molar-refractivity contribution in [2.45, 2.75) is 51.8 Å². The Balaban J connectivity index is 1.83. The molecule has 0 aliphatic rings. The number of ether oxygens (including phenoxy) is 1. The number of carbonyl (C=O) groups is 2. The van der Waals surface area contributed by atoms with E-state index >= 15 is 0 Å². The summed E-state index contributed by atoms with van der Waals surface area (Å²) < 4.78 is 19.1. The highest BCUT2D eigenvalue weighted by molar-refractivity contribution is 5.88. The summed E-state index contributed by atoms with van der Waals surface area (Å²) in [4.78, 5) is 28.7. The van der Waals surface area contributed by atoms with E-state index in [1.165, 1.54) is 12.1 Å². The average Bonchev–Trinajstić information content (AvgIpc) is 2.89. The predicted molar refractivity (Wildman–Crippen MR) is 140 cm³/mol. The smallest absolute Gasteiger partial charge is 0.247 e. The topological polar surface area (TPSA) is 58.6 Å². The van der Waals surface area contributed by atoms with Gasteiger partial charge in [-0.15, -0.1) is 0 Å². The van der Waals surface area contributed by atoms with Crippen LogP contribution >= 0.6 is 0 Å². The van der Waals surface area contributed by atoms with E-state index in [0.717, 1.165) is 16.7 Å². The first-order valence-corrected chi connectivity index (χ1v) is 12.5. The van der Waals surface area contributed by atoms with Crippen molar-refractivity contribution < 1.29 is 18.7 Å². The van der Waals surface area contributed by atoms with Gasteiger partial charge in [-0.05, 0) is 55.5 Å². The molecule has 5 nitrogen and oxygen atoms in total. The van der Waals surface area contributed by atoms with E-state index in [4.69, 9.17) is 4.74 Å². The SMILES string of the molecule is CC(C)OCCCNC(=O)[C@H](c1ccccc1)N(Cc1ccc(F)cc1)C(=O)CCc1ccccc1. The summed E-state index contributed by atoms with van der Waals surface area (Å²) in [6.07, 6.45) is 1.62. The Morgan fingerprint density at radius 2 is 1.53 bits per heavy atom. The van der Waals surface area contributed by atoms with Crippen LogP contribution in [0.3, 0.4) is 0 Å². The number of hydrogen-bond donors (Lipinski definition) is 1. The fraction of sp³-hybridized carbons (Fsp3) is 0.333. The zero-order chi connectivity index (χ0) is 25.8. The lowest BCUT2D eigenvalue weighted by Gasteiger charge is -2.32. The van der Waals surface area contributed by atoms with Crippen LogP contribution in [0.25, 0.3) is 0 Å². The van der Waals surface area contributed by atoms with Crippen LogP contribution < -0.4 is 5.32 Å². The number of amides is 2. The van der Waals surface area contributed by atoms with Gasteiger partial charge in [0.15, 0.2) is 0 Å². The van der Waals surface area contributed by atoms with Gasteiger partial charge >= 0.3 is 0 Å². The molecule has 0 bridgehead atoms. The lowest BCUT2D eigenvalue weighted by atomic mass is 10.0. The van der Waals surface area contributed by atoms with Gasteiger partial charge in [-0.3, -0.25) is 9.59 Å². The minimum atomic E-state index is -0.814. The molecule has 36 heavy (non-hydrogen) atoms. The molecule has 2 amide bonds. The fourth-order valence-electron chi connectivity index (χ4n) is 3.96. The predicted octanol–water partition coefficient (Wildman–Crippen LogP) is 5.46. The molecule has 3 rings (SSSR count). The summed E-state index contributed by atoms with van der Waals surface area (Å²) in [5.41, 5.74) is 2.53. The van der Waals surface area contributed by atoms with E-state index in [2.05, 4.69) is 5.32 Å². The van der Waals surface area contributed by atoms with E-state index in [9.17, 15) is 14.0 Å². The molecule has 3 aromatic rings. The Morgan fingerprint density at radius 1 is 0.889 bits per heavy atom. The minimum absolute atomic E-state index is 0.131. The Bertz CT molecular complexity index is 1070. The molecule has 0 radical (unpaired) electrons. The van der Waals surface area contributed by atoms with E-state index in [-0.39, 0.29) is 36.7 Å². The van der Waals surface area contributed by atoms with E-state index in [1.807, 2.05) is 74.5 Å². The average molecular weight is 491 g/mol. The molecule has 1 N–H and O–H groups in total. The van der Waals surface area contributed by atoms with Gasteiger partial charge in [0.05, 0.1) is 6.10 Å². The second-order valence-corrected chi connectivity index (χ2v) is 9.01. The number of halogens is 1. The first-order chi connectivity index (χ1) is 17.4. The minimum Gasteiger partial charge on any atom is -0.379 e. The molecule has 0 aromatic heterocycles. The second kappa shape index (κ2) is 14.1. The van der Waals surface area contributed by atoms with Crippen molar-refractivity contribution in [3.63, 3.8) is 0 Å². The molecule has 6 heteroatoms. The number of nitrogens with one attached hydrogen (secondary N) is 1. The number of benzene rings is 3. The fourth-order valence-corrected chi connectivity index (χ4v) is 3.96. The zero-order valence-corrected chi connectivity index (χ0v) is 21.0. The van der Waals surface area contributed by atoms with Crippen molar-refractivity contribution in [3.05, 3.63) is 107 Å². The molecular weight excluding hydrogens is 455 g/mol. The maximum atomic E-state index is 13.6. The summed E-state index contributed by atoms with van der Waals surface area (Å²) in [6.45, 7) is 5.12. The molecule has 190 valence electrons. The highest BCUT2D eigenvalue weighted by Crippen LogP contribution is 2.25. The van der Waals surface area contributed by atoms with Crippen LogP contribution in [0.1, 0.15) is 49.4 Å². The van der Waals surface area contributed by atoms with Gasteiger partial charge in [0.1, 0.15) is 11.9 Å². The zero-order valence-electron chi connectivity index (χ0n) is 21.0. The summed E-state index contributed by atoms with van der Waals surface area (Å²) in [6, 6.07) is 24.3. The number of carbonyl (C=O) groups excluding carboxylic acids is 2. The molecule has 0 unspecified atom stereocenters. The van der Waals surface area contributed by atoms with Gasteiger partial charge in [0.2, 0.25) is 11.8 Å². The Hall–Kier alpha value is -3.51. The molecule has 0 aliphatic heterocycles. The first-order valence-electron chi connectivity index (χ1n) is 12.5. The van der Waals surface area contributed by atoms with Crippen molar-refractivity contribution in [3.8, 4) is 0 Å². The number of hydrogen-bond acceptors (Lipinski definition) is 3. The van der Waals surface area contributed by atoms with Crippen LogP contribution in [-0.2, 0) is 27.3 Å². The maximum Gasteiger partial charge on any atom is 0.247 e. The van der Waals surface area contributed by atoms with Crippen molar-refractivity contribution >= 4 is 11.8 Å². The molecule has 0 heterocycles. The largest absolute Gasteiger partial charge is 0.379 e. The monoisotopic (exact) mass is 490 g/mol.